The number of carbonyl (C=O) groups is 1. The molecule has 0 spiro atoms. The van der Waals surface area contributed by atoms with E-state index < -0.39 is 0 Å². The minimum atomic E-state index is -0.0691. The zero-order chi connectivity index (χ0) is 16.9. The summed E-state index contributed by atoms with van der Waals surface area (Å²) in [6, 6.07) is 11.8. The number of fused-ring (bicyclic) bond motifs is 1. The van der Waals surface area contributed by atoms with Crippen molar-refractivity contribution in [2.75, 3.05) is 13.1 Å². The van der Waals surface area contributed by atoms with E-state index in [9.17, 15) is 4.79 Å². The fraction of sp³-hybridized carbons (Fsp3) is 0.278. The van der Waals surface area contributed by atoms with E-state index in [0.29, 0.717) is 30.8 Å². The molecule has 0 atom stereocenters. The van der Waals surface area contributed by atoms with Crippen molar-refractivity contribution in [3.63, 3.8) is 0 Å². The lowest BCUT2D eigenvalue weighted by Gasteiger charge is -2.22. The highest BCUT2D eigenvalue weighted by Gasteiger charge is 2.20. The average molecular weight is 323 g/mol. The first-order chi connectivity index (χ1) is 11.7. The lowest BCUT2D eigenvalue weighted by atomic mass is 10.2. The highest BCUT2D eigenvalue weighted by molar-refractivity contribution is 5.99. The number of benzene rings is 1. The highest BCUT2D eigenvalue weighted by atomic mass is 16.2. The second-order valence-electron chi connectivity index (χ2n) is 5.75. The Balaban J connectivity index is 1.90. The van der Waals surface area contributed by atoms with Crippen LogP contribution in [-0.4, -0.2) is 38.5 Å². The Kier molecular flexibility index (Phi) is 4.86. The van der Waals surface area contributed by atoms with Crippen LogP contribution in [0.1, 0.15) is 28.0 Å². The molecule has 2 N–H and O–H groups in total. The molecule has 3 aromatic rings. The van der Waals surface area contributed by atoms with Gasteiger partial charge in [0.1, 0.15) is 5.56 Å². The van der Waals surface area contributed by atoms with Gasteiger partial charge in [0.25, 0.3) is 5.91 Å². The first-order valence-corrected chi connectivity index (χ1v) is 8.03. The summed E-state index contributed by atoms with van der Waals surface area (Å²) in [6.07, 6.45) is 4.16. The largest absolute Gasteiger partial charge is 0.334 e. The van der Waals surface area contributed by atoms with Gasteiger partial charge in [-0.1, -0.05) is 30.3 Å². The van der Waals surface area contributed by atoms with Crippen molar-refractivity contribution < 1.29 is 4.79 Å². The van der Waals surface area contributed by atoms with Crippen molar-refractivity contribution >= 4 is 11.6 Å². The molecule has 1 aromatic carbocycles. The number of carbonyl (C=O) groups excluding carboxylic acids is 1. The van der Waals surface area contributed by atoms with Crippen LogP contribution in [0.2, 0.25) is 0 Å². The number of hydrogen-bond acceptors (Lipinski definition) is 4. The van der Waals surface area contributed by atoms with E-state index in [1.165, 1.54) is 0 Å². The van der Waals surface area contributed by atoms with Gasteiger partial charge in [-0.2, -0.15) is 5.10 Å². The zero-order valence-corrected chi connectivity index (χ0v) is 13.7. The first kappa shape index (κ1) is 16.1. The number of amides is 1. The first-order valence-electron chi connectivity index (χ1n) is 8.03. The highest BCUT2D eigenvalue weighted by Crippen LogP contribution is 2.14. The molecular weight excluding hydrogens is 302 g/mol. The van der Waals surface area contributed by atoms with Crippen molar-refractivity contribution in [3.8, 4) is 0 Å². The Morgan fingerprint density at radius 2 is 2.04 bits per heavy atom. The van der Waals surface area contributed by atoms with Gasteiger partial charge in [0, 0.05) is 25.0 Å². The maximum absolute atomic E-state index is 13.0. The van der Waals surface area contributed by atoms with Gasteiger partial charge in [-0.15, -0.1) is 0 Å². The maximum atomic E-state index is 13.0. The van der Waals surface area contributed by atoms with Crippen LogP contribution in [0.25, 0.3) is 5.65 Å². The summed E-state index contributed by atoms with van der Waals surface area (Å²) in [6.45, 7) is 3.60. The molecule has 1 amide bonds. The van der Waals surface area contributed by atoms with Gasteiger partial charge in [0.2, 0.25) is 0 Å². The van der Waals surface area contributed by atoms with Crippen LogP contribution in [0.5, 0.6) is 0 Å². The lowest BCUT2D eigenvalue weighted by molar-refractivity contribution is 0.0744. The third kappa shape index (κ3) is 3.44. The Labute approximate surface area is 140 Å². The molecule has 3 rings (SSSR count). The summed E-state index contributed by atoms with van der Waals surface area (Å²) in [7, 11) is 0. The fourth-order valence-corrected chi connectivity index (χ4v) is 2.62. The quantitative estimate of drug-likeness (QED) is 0.753. The molecule has 6 nitrogen and oxygen atoms in total. The van der Waals surface area contributed by atoms with Gasteiger partial charge in [-0.05, 0) is 31.5 Å². The van der Waals surface area contributed by atoms with Gasteiger partial charge in [0.05, 0.1) is 6.20 Å². The number of aryl methyl sites for hydroxylation is 1. The second kappa shape index (κ2) is 7.23. The smallest absolute Gasteiger partial charge is 0.259 e. The Morgan fingerprint density at radius 1 is 1.25 bits per heavy atom. The summed E-state index contributed by atoms with van der Waals surface area (Å²) < 4.78 is 1.63. The molecular formula is C18H21N5O. The number of nitrogens with zero attached hydrogens (tertiary/aromatic N) is 4. The van der Waals surface area contributed by atoms with E-state index in [1.807, 2.05) is 54.4 Å². The predicted molar refractivity (Wildman–Crippen MR) is 92.6 cm³/mol. The molecule has 6 heteroatoms. The van der Waals surface area contributed by atoms with Gasteiger partial charge in [-0.25, -0.2) is 9.50 Å². The number of nitrogens with two attached hydrogens (primary N) is 1. The Morgan fingerprint density at radius 3 is 2.79 bits per heavy atom. The van der Waals surface area contributed by atoms with Crippen molar-refractivity contribution in [1.29, 1.82) is 0 Å². The summed E-state index contributed by atoms with van der Waals surface area (Å²) in [5.74, 6) is -0.0691. The van der Waals surface area contributed by atoms with Gasteiger partial charge >= 0.3 is 0 Å². The van der Waals surface area contributed by atoms with Crippen LogP contribution >= 0.6 is 0 Å². The second-order valence-corrected chi connectivity index (χ2v) is 5.75. The third-order valence-electron chi connectivity index (χ3n) is 3.87. The summed E-state index contributed by atoms with van der Waals surface area (Å²) in [5, 5.41) is 4.23. The van der Waals surface area contributed by atoms with Crippen molar-refractivity contribution in [2.45, 2.75) is 19.9 Å². The van der Waals surface area contributed by atoms with Gasteiger partial charge in [0.15, 0.2) is 5.65 Å². The third-order valence-corrected chi connectivity index (χ3v) is 3.87. The molecule has 0 fully saturated rings. The number of rotatable bonds is 6. The number of hydrogen-bond donors (Lipinski definition) is 1. The molecule has 24 heavy (non-hydrogen) atoms. The Hall–Kier alpha value is -2.73. The van der Waals surface area contributed by atoms with E-state index in [2.05, 4.69) is 10.1 Å². The van der Waals surface area contributed by atoms with Crippen molar-refractivity contribution in [1.82, 2.24) is 19.5 Å². The Bertz CT molecular complexity index is 828. The SMILES string of the molecule is Cc1ccn2ncc(C(=O)N(CCCN)Cc3ccccc3)c2n1. The molecule has 0 bridgehead atoms. The van der Waals surface area contributed by atoms with E-state index in [4.69, 9.17) is 5.73 Å². The molecule has 124 valence electrons. The van der Waals surface area contributed by atoms with Crippen LogP contribution in [0, 0.1) is 6.92 Å². The van der Waals surface area contributed by atoms with Crippen LogP contribution in [0.3, 0.4) is 0 Å². The van der Waals surface area contributed by atoms with E-state index >= 15 is 0 Å². The molecule has 0 radical (unpaired) electrons. The summed E-state index contributed by atoms with van der Waals surface area (Å²) in [5.41, 5.74) is 8.68. The van der Waals surface area contributed by atoms with E-state index in [-0.39, 0.29) is 5.91 Å². The topological polar surface area (TPSA) is 76.5 Å². The minimum Gasteiger partial charge on any atom is -0.334 e. The zero-order valence-electron chi connectivity index (χ0n) is 13.7. The van der Waals surface area contributed by atoms with Crippen LogP contribution in [0.4, 0.5) is 0 Å². The molecule has 0 aliphatic rings. The number of aromatic nitrogens is 3. The average Bonchev–Trinajstić information content (AvgIpc) is 3.02. The molecule has 0 unspecified atom stereocenters. The van der Waals surface area contributed by atoms with E-state index in [1.54, 1.807) is 10.7 Å². The molecule has 0 aliphatic carbocycles. The van der Waals surface area contributed by atoms with Crippen molar-refractivity contribution in [3.05, 3.63) is 65.6 Å². The molecule has 2 heterocycles. The fourth-order valence-electron chi connectivity index (χ4n) is 2.62. The van der Waals surface area contributed by atoms with E-state index in [0.717, 1.165) is 17.7 Å². The summed E-state index contributed by atoms with van der Waals surface area (Å²) in [4.78, 5) is 19.3. The molecule has 2 aromatic heterocycles. The van der Waals surface area contributed by atoms with Gasteiger partial charge in [-0.3, -0.25) is 4.79 Å². The van der Waals surface area contributed by atoms with Gasteiger partial charge < -0.3 is 10.6 Å². The van der Waals surface area contributed by atoms with Crippen LogP contribution < -0.4 is 5.73 Å². The predicted octanol–water partition coefficient (Wildman–Crippen LogP) is 2.03. The minimum absolute atomic E-state index is 0.0691. The summed E-state index contributed by atoms with van der Waals surface area (Å²) >= 11 is 0. The standard InChI is InChI=1S/C18H21N5O/c1-14-8-11-23-17(21-14)16(12-20-23)18(24)22(10-5-9-19)13-15-6-3-2-4-7-15/h2-4,6-8,11-12H,5,9-10,13,19H2,1H3. The molecule has 0 aliphatic heterocycles. The normalized spacial score (nSPS) is 10.9. The van der Waals surface area contributed by atoms with Crippen LogP contribution in [-0.2, 0) is 6.54 Å². The lowest BCUT2D eigenvalue weighted by Crippen LogP contribution is -2.32. The molecule has 0 saturated heterocycles. The maximum Gasteiger partial charge on any atom is 0.259 e. The van der Waals surface area contributed by atoms with Crippen molar-refractivity contribution in [2.24, 2.45) is 5.73 Å². The van der Waals surface area contributed by atoms with Crippen LogP contribution in [0.15, 0.2) is 48.8 Å². The molecule has 0 saturated carbocycles. The monoisotopic (exact) mass is 323 g/mol.